The Balaban J connectivity index is 1.85. The van der Waals surface area contributed by atoms with Gasteiger partial charge < -0.3 is 11.1 Å². The van der Waals surface area contributed by atoms with Crippen LogP contribution in [0.3, 0.4) is 0 Å². The van der Waals surface area contributed by atoms with Crippen LogP contribution < -0.4 is 11.1 Å². The molecule has 1 atom stereocenters. The first-order chi connectivity index (χ1) is 10.0. The van der Waals surface area contributed by atoms with E-state index in [2.05, 4.69) is 10.3 Å². The number of aromatic nitrogens is 1. The molecule has 0 saturated heterocycles. The molecule has 1 unspecified atom stereocenters. The van der Waals surface area contributed by atoms with E-state index < -0.39 is 0 Å². The third kappa shape index (κ3) is 4.60. The number of anilines is 1. The van der Waals surface area contributed by atoms with Crippen LogP contribution in [0.25, 0.3) is 0 Å². The smallest absolute Gasteiger partial charge is 0.220 e. The second-order valence-electron chi connectivity index (χ2n) is 5.32. The number of nitrogens with zero attached hydrogens (tertiary/aromatic N) is 1. The van der Waals surface area contributed by atoms with Crippen LogP contribution in [0.2, 0.25) is 0 Å². The van der Waals surface area contributed by atoms with Gasteiger partial charge in [0.2, 0.25) is 5.91 Å². The molecule has 0 fully saturated rings. The molecule has 4 heteroatoms. The average molecular weight is 283 g/mol. The van der Waals surface area contributed by atoms with Gasteiger partial charge in [-0.3, -0.25) is 9.78 Å². The zero-order valence-electron chi connectivity index (χ0n) is 12.5. The van der Waals surface area contributed by atoms with Crippen molar-refractivity contribution in [3.63, 3.8) is 0 Å². The summed E-state index contributed by atoms with van der Waals surface area (Å²) >= 11 is 0. The molecule has 0 aliphatic rings. The van der Waals surface area contributed by atoms with E-state index in [0.29, 0.717) is 13.0 Å². The molecule has 2 aromatic rings. The Labute approximate surface area is 125 Å². The third-order valence-corrected chi connectivity index (χ3v) is 3.41. The van der Waals surface area contributed by atoms with Gasteiger partial charge >= 0.3 is 0 Å². The quantitative estimate of drug-likeness (QED) is 0.829. The maximum Gasteiger partial charge on any atom is 0.220 e. The number of hydrogen-bond donors (Lipinski definition) is 2. The van der Waals surface area contributed by atoms with E-state index in [9.17, 15) is 4.79 Å². The number of amides is 1. The lowest BCUT2D eigenvalue weighted by Crippen LogP contribution is -2.24. The number of hydrogen-bond acceptors (Lipinski definition) is 3. The summed E-state index contributed by atoms with van der Waals surface area (Å²) in [5.74, 6) is 0.193. The number of nitrogens with two attached hydrogens (primary N) is 1. The van der Waals surface area contributed by atoms with E-state index in [0.717, 1.165) is 22.6 Å². The maximum absolute atomic E-state index is 12.0. The highest BCUT2D eigenvalue weighted by molar-refractivity contribution is 5.76. The van der Waals surface area contributed by atoms with Gasteiger partial charge in [0, 0.05) is 17.8 Å². The summed E-state index contributed by atoms with van der Waals surface area (Å²) in [6.45, 7) is 4.44. The Hall–Kier alpha value is -2.36. The molecule has 0 radical (unpaired) electrons. The van der Waals surface area contributed by atoms with Crippen LogP contribution in [0.5, 0.6) is 0 Å². The Kier molecular flexibility index (Phi) is 4.93. The summed E-state index contributed by atoms with van der Waals surface area (Å²) in [4.78, 5) is 16.4. The first-order valence-corrected chi connectivity index (χ1v) is 7.09. The normalized spacial score (nSPS) is 11.9. The zero-order chi connectivity index (χ0) is 15.2. The average Bonchev–Trinajstić information content (AvgIpc) is 2.46. The summed E-state index contributed by atoms with van der Waals surface area (Å²) in [6.07, 6.45) is 0.454. The van der Waals surface area contributed by atoms with E-state index in [4.69, 9.17) is 5.73 Å². The van der Waals surface area contributed by atoms with E-state index >= 15 is 0 Å². The number of carbonyl (C=O) groups excluding carboxylic acids is 1. The second-order valence-corrected chi connectivity index (χ2v) is 5.32. The van der Waals surface area contributed by atoms with Crippen molar-refractivity contribution in [1.29, 1.82) is 0 Å². The fourth-order valence-electron chi connectivity index (χ4n) is 2.18. The minimum atomic E-state index is 0.0302. The summed E-state index contributed by atoms with van der Waals surface area (Å²) in [7, 11) is 0. The number of aryl methyl sites for hydroxylation is 1. The van der Waals surface area contributed by atoms with Gasteiger partial charge in [0.25, 0.3) is 0 Å². The van der Waals surface area contributed by atoms with Crippen molar-refractivity contribution in [3.8, 4) is 0 Å². The summed E-state index contributed by atoms with van der Waals surface area (Å²) in [5, 5.41) is 2.91. The first-order valence-electron chi connectivity index (χ1n) is 7.09. The predicted molar refractivity (Wildman–Crippen MR) is 84.7 cm³/mol. The fourth-order valence-corrected chi connectivity index (χ4v) is 2.18. The molecular weight excluding hydrogens is 262 g/mol. The molecule has 3 N–H and O–H groups in total. The van der Waals surface area contributed by atoms with Crippen molar-refractivity contribution in [2.45, 2.75) is 32.7 Å². The predicted octanol–water partition coefficient (Wildman–Crippen LogP) is 2.78. The van der Waals surface area contributed by atoms with Crippen molar-refractivity contribution < 1.29 is 4.79 Å². The molecule has 1 aromatic carbocycles. The number of pyridine rings is 1. The number of carbonyl (C=O) groups is 1. The number of benzene rings is 1. The molecular formula is C17H21N3O. The molecule has 4 nitrogen and oxygen atoms in total. The van der Waals surface area contributed by atoms with Crippen LogP contribution in [-0.2, 0) is 11.3 Å². The second kappa shape index (κ2) is 6.88. The van der Waals surface area contributed by atoms with Gasteiger partial charge in [-0.25, -0.2) is 0 Å². The van der Waals surface area contributed by atoms with Crippen LogP contribution in [0.4, 0.5) is 5.69 Å². The van der Waals surface area contributed by atoms with Crippen molar-refractivity contribution in [2.24, 2.45) is 0 Å². The minimum Gasteiger partial charge on any atom is -0.399 e. The monoisotopic (exact) mass is 283 g/mol. The Morgan fingerprint density at radius 1 is 1.24 bits per heavy atom. The molecule has 0 saturated carbocycles. The van der Waals surface area contributed by atoms with Crippen LogP contribution in [0.15, 0.2) is 42.5 Å². The molecule has 0 aliphatic heterocycles. The molecule has 0 spiro atoms. The Morgan fingerprint density at radius 2 is 1.95 bits per heavy atom. The highest BCUT2D eigenvalue weighted by Crippen LogP contribution is 2.19. The lowest BCUT2D eigenvalue weighted by Gasteiger charge is -2.12. The third-order valence-electron chi connectivity index (χ3n) is 3.41. The number of nitrogens with one attached hydrogen (secondary N) is 1. The minimum absolute atomic E-state index is 0.0302. The zero-order valence-corrected chi connectivity index (χ0v) is 12.5. The molecule has 1 amide bonds. The van der Waals surface area contributed by atoms with Crippen molar-refractivity contribution in [3.05, 3.63) is 59.4 Å². The largest absolute Gasteiger partial charge is 0.399 e. The van der Waals surface area contributed by atoms with Crippen LogP contribution in [-0.4, -0.2) is 10.9 Å². The highest BCUT2D eigenvalue weighted by atomic mass is 16.1. The molecule has 1 heterocycles. The number of rotatable bonds is 5. The van der Waals surface area contributed by atoms with Gasteiger partial charge in [-0.05, 0) is 42.7 Å². The molecule has 1 aromatic heterocycles. The lowest BCUT2D eigenvalue weighted by molar-refractivity contribution is -0.121. The van der Waals surface area contributed by atoms with Crippen molar-refractivity contribution in [2.75, 3.05) is 5.73 Å². The van der Waals surface area contributed by atoms with Crippen LogP contribution >= 0.6 is 0 Å². The topological polar surface area (TPSA) is 68.0 Å². The number of nitrogen functional groups attached to an aromatic ring is 1. The molecule has 21 heavy (non-hydrogen) atoms. The molecule has 2 rings (SSSR count). The van der Waals surface area contributed by atoms with Gasteiger partial charge in [0.1, 0.15) is 0 Å². The van der Waals surface area contributed by atoms with Gasteiger partial charge in [-0.2, -0.15) is 0 Å². The molecule has 0 aliphatic carbocycles. The van der Waals surface area contributed by atoms with Gasteiger partial charge in [-0.1, -0.05) is 25.1 Å². The Bertz CT molecular complexity index is 608. The summed E-state index contributed by atoms with van der Waals surface area (Å²) in [5.41, 5.74) is 9.36. The van der Waals surface area contributed by atoms with E-state index in [-0.39, 0.29) is 11.8 Å². The van der Waals surface area contributed by atoms with Gasteiger partial charge in [0.05, 0.1) is 12.2 Å². The highest BCUT2D eigenvalue weighted by Gasteiger charge is 2.11. The summed E-state index contributed by atoms with van der Waals surface area (Å²) < 4.78 is 0. The summed E-state index contributed by atoms with van der Waals surface area (Å²) in [6, 6.07) is 13.5. The van der Waals surface area contributed by atoms with E-state index in [1.54, 1.807) is 0 Å². The molecule has 0 bridgehead atoms. The van der Waals surface area contributed by atoms with Crippen molar-refractivity contribution in [1.82, 2.24) is 10.3 Å². The lowest BCUT2D eigenvalue weighted by atomic mass is 9.97. The fraction of sp³-hybridized carbons (Fsp3) is 0.294. The van der Waals surface area contributed by atoms with Crippen molar-refractivity contribution >= 4 is 11.6 Å². The SMILES string of the molecule is Cc1cccc(CNC(=O)CC(C)c2ccc(N)cc2)n1. The van der Waals surface area contributed by atoms with E-state index in [1.165, 1.54) is 0 Å². The molecule has 110 valence electrons. The van der Waals surface area contributed by atoms with Crippen LogP contribution in [0.1, 0.15) is 36.2 Å². The maximum atomic E-state index is 12.0. The van der Waals surface area contributed by atoms with Crippen LogP contribution in [0, 0.1) is 6.92 Å². The Morgan fingerprint density at radius 3 is 2.62 bits per heavy atom. The van der Waals surface area contributed by atoms with Gasteiger partial charge in [-0.15, -0.1) is 0 Å². The standard InChI is InChI=1S/C17H21N3O/c1-12(14-6-8-15(18)9-7-14)10-17(21)19-11-16-5-3-4-13(2)20-16/h3-9,12H,10-11,18H2,1-2H3,(H,19,21). The first kappa shape index (κ1) is 15.0. The van der Waals surface area contributed by atoms with Gasteiger partial charge in [0.15, 0.2) is 0 Å². The van der Waals surface area contributed by atoms with E-state index in [1.807, 2.05) is 56.3 Å².